The van der Waals surface area contributed by atoms with Gasteiger partial charge in [-0.25, -0.2) is 4.79 Å². The number of carbonyl (C=O) groups is 3. The smallest absolute Gasteiger partial charge is 0.341 e. The maximum Gasteiger partial charge on any atom is 0.341 e. The number of rotatable bonds is 10. The molecule has 5 N–H and O–H groups in total. The molecule has 0 saturated carbocycles. The highest BCUT2D eigenvalue weighted by atomic mass is 35.5. The molecule has 0 aliphatic heterocycles. The molecule has 1 amide bonds. The fraction of sp³-hybridized carbons (Fsp3) is 0.120. The van der Waals surface area contributed by atoms with Crippen molar-refractivity contribution >= 4 is 35.9 Å². The number of carbonyl (C=O) groups excluding carboxylic acids is 2. The molecule has 0 bridgehead atoms. The molecule has 0 heterocycles. The van der Waals surface area contributed by atoms with Gasteiger partial charge >= 0.3 is 5.97 Å². The van der Waals surface area contributed by atoms with E-state index in [9.17, 15) is 14.4 Å². The van der Waals surface area contributed by atoms with Gasteiger partial charge in [-0.05, 0) is 42.0 Å². The van der Waals surface area contributed by atoms with Crippen LogP contribution in [-0.4, -0.2) is 41.3 Å². The third-order valence-electron chi connectivity index (χ3n) is 4.86. The first-order valence-corrected chi connectivity index (χ1v) is 10.1. The van der Waals surface area contributed by atoms with Crippen molar-refractivity contribution in [3.05, 3.63) is 101 Å². The van der Waals surface area contributed by atoms with E-state index in [1.807, 2.05) is 30.3 Å². The first kappa shape index (κ1) is 26.1. The van der Waals surface area contributed by atoms with E-state index in [0.717, 1.165) is 5.56 Å². The van der Waals surface area contributed by atoms with Crippen LogP contribution in [0.2, 0.25) is 0 Å². The van der Waals surface area contributed by atoms with Crippen molar-refractivity contribution in [3.63, 3.8) is 0 Å². The minimum atomic E-state index is -1.10. The van der Waals surface area contributed by atoms with E-state index in [0.29, 0.717) is 22.4 Å². The van der Waals surface area contributed by atoms with Gasteiger partial charge in [-0.3, -0.25) is 15.0 Å². The van der Waals surface area contributed by atoms with Crippen LogP contribution in [0.4, 0.5) is 0 Å². The maximum absolute atomic E-state index is 13.2. The molecular formula is C25H24ClN3O5. The van der Waals surface area contributed by atoms with Crippen molar-refractivity contribution in [1.82, 2.24) is 5.32 Å². The quantitative estimate of drug-likeness (QED) is 0.199. The zero-order chi connectivity index (χ0) is 23.8. The fourth-order valence-electron chi connectivity index (χ4n) is 3.16. The lowest BCUT2D eigenvalue weighted by molar-refractivity contribution is -0.139. The van der Waals surface area contributed by atoms with Gasteiger partial charge < -0.3 is 20.9 Å². The molecule has 0 saturated heterocycles. The van der Waals surface area contributed by atoms with Crippen LogP contribution in [0, 0.1) is 5.41 Å². The van der Waals surface area contributed by atoms with Gasteiger partial charge in [0.25, 0.3) is 5.91 Å². The number of nitrogens with one attached hydrogen (secondary N) is 2. The molecule has 3 rings (SSSR count). The van der Waals surface area contributed by atoms with Crippen molar-refractivity contribution in [2.24, 2.45) is 5.73 Å². The number of hydrogen-bond donors (Lipinski definition) is 4. The third kappa shape index (κ3) is 7.18. The summed E-state index contributed by atoms with van der Waals surface area (Å²) < 4.78 is 5.10. The van der Waals surface area contributed by atoms with Crippen molar-refractivity contribution in [2.45, 2.75) is 12.5 Å². The number of ether oxygens (including phenoxy) is 1. The SMILES string of the molecule is Cl.N=C(N)c1ccc(C(=O)NC(Cc2ccccc2)C(=O)c2ccc(OCC(=O)O)cc2)cc1. The molecule has 1 unspecified atom stereocenters. The van der Waals surface area contributed by atoms with Crippen molar-refractivity contribution < 1.29 is 24.2 Å². The van der Waals surface area contributed by atoms with Crippen LogP contribution < -0.4 is 15.8 Å². The molecule has 0 aliphatic rings. The Morgan fingerprint density at radius 2 is 1.44 bits per heavy atom. The second-order valence-corrected chi connectivity index (χ2v) is 7.28. The van der Waals surface area contributed by atoms with E-state index in [1.54, 1.807) is 24.3 Å². The number of aliphatic carboxylic acids is 1. The summed E-state index contributed by atoms with van der Waals surface area (Å²) in [6, 6.07) is 20.8. The average Bonchev–Trinajstić information content (AvgIpc) is 2.83. The Kier molecular flexibility index (Phi) is 9.34. The Hall–Kier alpha value is -4.17. The third-order valence-corrected chi connectivity index (χ3v) is 4.86. The summed E-state index contributed by atoms with van der Waals surface area (Å²) in [6.07, 6.45) is 0.286. The summed E-state index contributed by atoms with van der Waals surface area (Å²) in [4.78, 5) is 36.7. The molecule has 0 radical (unpaired) electrons. The first-order chi connectivity index (χ1) is 15.8. The molecule has 34 heavy (non-hydrogen) atoms. The minimum absolute atomic E-state index is 0. The maximum atomic E-state index is 13.2. The number of ketones is 1. The molecule has 8 nitrogen and oxygen atoms in total. The van der Waals surface area contributed by atoms with Gasteiger partial charge in [0.15, 0.2) is 12.4 Å². The van der Waals surface area contributed by atoms with Gasteiger partial charge in [-0.15, -0.1) is 12.4 Å². The standard InChI is InChI=1S/C25H23N3O5.ClH/c26-24(27)18-6-8-19(9-7-18)25(32)28-21(14-16-4-2-1-3-5-16)23(31)17-10-12-20(13-11-17)33-15-22(29)30;/h1-13,21H,14-15H2,(H3,26,27)(H,28,32)(H,29,30);1H. The van der Waals surface area contributed by atoms with Crippen LogP contribution in [0.3, 0.4) is 0 Å². The number of halogens is 1. The Morgan fingerprint density at radius 1 is 0.882 bits per heavy atom. The highest BCUT2D eigenvalue weighted by Gasteiger charge is 2.23. The molecule has 3 aromatic rings. The highest BCUT2D eigenvalue weighted by molar-refractivity contribution is 6.05. The number of benzene rings is 3. The van der Waals surface area contributed by atoms with Gasteiger partial charge in [-0.2, -0.15) is 0 Å². The summed E-state index contributed by atoms with van der Waals surface area (Å²) in [5.74, 6) is -1.60. The Bertz CT molecular complexity index is 1150. The van der Waals surface area contributed by atoms with Crippen LogP contribution in [-0.2, 0) is 11.2 Å². The molecular weight excluding hydrogens is 458 g/mol. The lowest BCUT2D eigenvalue weighted by atomic mass is 9.97. The largest absolute Gasteiger partial charge is 0.482 e. The zero-order valence-electron chi connectivity index (χ0n) is 18.1. The number of nitrogen functional groups attached to an aromatic ring is 1. The summed E-state index contributed by atoms with van der Waals surface area (Å²) in [5, 5.41) is 19.0. The van der Waals surface area contributed by atoms with Gasteiger partial charge in [0.2, 0.25) is 0 Å². The van der Waals surface area contributed by atoms with Crippen LogP contribution >= 0.6 is 12.4 Å². The number of carboxylic acids is 1. The zero-order valence-corrected chi connectivity index (χ0v) is 18.9. The number of hydrogen-bond acceptors (Lipinski definition) is 5. The molecule has 0 fully saturated rings. The number of amidine groups is 1. The van der Waals surface area contributed by atoms with Gasteiger partial charge in [-0.1, -0.05) is 42.5 Å². The second kappa shape index (κ2) is 12.2. The molecule has 1 atom stereocenters. The van der Waals surface area contributed by atoms with Crippen LogP contribution in [0.15, 0.2) is 78.9 Å². The monoisotopic (exact) mass is 481 g/mol. The Labute approximate surface area is 202 Å². The molecule has 176 valence electrons. The van der Waals surface area contributed by atoms with E-state index >= 15 is 0 Å². The number of nitrogens with two attached hydrogens (primary N) is 1. The molecule has 0 aliphatic carbocycles. The molecule has 0 aromatic heterocycles. The van der Waals surface area contributed by atoms with Crippen molar-refractivity contribution in [1.29, 1.82) is 5.41 Å². The van der Waals surface area contributed by atoms with Gasteiger partial charge in [0.1, 0.15) is 11.6 Å². The summed E-state index contributed by atoms with van der Waals surface area (Å²) in [6.45, 7) is -0.484. The van der Waals surface area contributed by atoms with E-state index in [-0.39, 0.29) is 30.4 Å². The fourth-order valence-corrected chi connectivity index (χ4v) is 3.16. The lowest BCUT2D eigenvalue weighted by Gasteiger charge is -2.18. The lowest BCUT2D eigenvalue weighted by Crippen LogP contribution is -2.42. The predicted molar refractivity (Wildman–Crippen MR) is 130 cm³/mol. The topological polar surface area (TPSA) is 143 Å². The van der Waals surface area contributed by atoms with Crippen LogP contribution in [0.25, 0.3) is 0 Å². The highest BCUT2D eigenvalue weighted by Crippen LogP contribution is 2.16. The summed E-state index contributed by atoms with van der Waals surface area (Å²) in [5.41, 5.74) is 7.52. The Morgan fingerprint density at radius 3 is 2.00 bits per heavy atom. The number of amides is 1. The Balaban J connectivity index is 0.00000408. The van der Waals surface area contributed by atoms with Gasteiger partial charge in [0.05, 0.1) is 6.04 Å². The molecule has 0 spiro atoms. The number of carboxylic acid groups (broad SMARTS) is 1. The van der Waals surface area contributed by atoms with E-state index < -0.39 is 24.5 Å². The minimum Gasteiger partial charge on any atom is -0.482 e. The predicted octanol–water partition coefficient (Wildman–Crippen LogP) is 3.08. The van der Waals surface area contributed by atoms with E-state index in [1.165, 1.54) is 24.3 Å². The van der Waals surface area contributed by atoms with E-state index in [4.69, 9.17) is 21.0 Å². The number of Topliss-reactive ketones (excluding diaryl/α,β-unsaturated/α-hetero) is 1. The second-order valence-electron chi connectivity index (χ2n) is 7.28. The average molecular weight is 482 g/mol. The normalized spacial score (nSPS) is 10.9. The van der Waals surface area contributed by atoms with E-state index in [2.05, 4.69) is 5.32 Å². The van der Waals surface area contributed by atoms with Crippen LogP contribution in [0.1, 0.15) is 31.8 Å². The van der Waals surface area contributed by atoms with Crippen LogP contribution in [0.5, 0.6) is 5.75 Å². The van der Waals surface area contributed by atoms with Crippen molar-refractivity contribution in [2.75, 3.05) is 6.61 Å². The first-order valence-electron chi connectivity index (χ1n) is 10.1. The molecule has 3 aromatic carbocycles. The molecule has 9 heteroatoms. The van der Waals surface area contributed by atoms with Crippen molar-refractivity contribution in [3.8, 4) is 5.75 Å². The van der Waals surface area contributed by atoms with Gasteiger partial charge in [0, 0.05) is 23.1 Å². The summed E-state index contributed by atoms with van der Waals surface area (Å²) in [7, 11) is 0. The summed E-state index contributed by atoms with van der Waals surface area (Å²) >= 11 is 0.